The summed E-state index contributed by atoms with van der Waals surface area (Å²) < 4.78 is 18.6. The van der Waals surface area contributed by atoms with E-state index in [2.05, 4.69) is 21.3 Å². The van der Waals surface area contributed by atoms with E-state index in [-0.39, 0.29) is 30.7 Å². The Balaban J connectivity index is 1.27. The van der Waals surface area contributed by atoms with Crippen molar-refractivity contribution in [3.05, 3.63) is 105 Å². The zero-order valence-corrected chi connectivity index (χ0v) is 33.5. The van der Waals surface area contributed by atoms with E-state index in [4.69, 9.17) is 37.4 Å². The summed E-state index contributed by atoms with van der Waals surface area (Å²) >= 11 is 13.7. The maximum atomic E-state index is 12.1. The predicted molar refractivity (Wildman–Crippen MR) is 215 cm³/mol. The molecule has 0 saturated carbocycles. The Hall–Kier alpha value is -4.70. The van der Waals surface area contributed by atoms with Crippen LogP contribution < -0.4 is 19.5 Å². The summed E-state index contributed by atoms with van der Waals surface area (Å²) in [6, 6.07) is 18.7. The molecule has 0 unspecified atom stereocenters. The number of carboxylic acid groups (broad SMARTS) is 1. The lowest BCUT2D eigenvalue weighted by Gasteiger charge is -2.31. The summed E-state index contributed by atoms with van der Waals surface area (Å²) in [5.41, 5.74) is 3.61. The second-order valence-electron chi connectivity index (χ2n) is 14.2. The molecule has 0 spiro atoms. The summed E-state index contributed by atoms with van der Waals surface area (Å²) in [4.78, 5) is 30.4. The number of hydrogen-bond donors (Lipinski definition) is 3. The van der Waals surface area contributed by atoms with Crippen LogP contribution in [-0.4, -0.2) is 70.2 Å². The van der Waals surface area contributed by atoms with Crippen molar-refractivity contribution in [1.82, 2.24) is 15.2 Å². The number of carboxylic acids is 1. The highest BCUT2D eigenvalue weighted by molar-refractivity contribution is 6.35. The SMILES string of the molecule is CCC(=O)C1CCN(CCCOc2cccc(-c3cccc(COc4cc(OCc5cncc(C#N)c5)c(CN[C@@](C)(CO)C(=O)O)cc4Cl)c3C)c2Cl)CC1. The molecule has 3 aromatic carbocycles. The van der Waals surface area contributed by atoms with E-state index in [1.807, 2.05) is 50.2 Å². The van der Waals surface area contributed by atoms with E-state index < -0.39 is 18.1 Å². The number of halogens is 2. The van der Waals surface area contributed by atoms with Crippen LogP contribution >= 0.6 is 23.2 Å². The number of ketones is 1. The number of benzene rings is 3. The fourth-order valence-electron chi connectivity index (χ4n) is 6.59. The number of ether oxygens (including phenoxy) is 3. The first-order valence-corrected chi connectivity index (χ1v) is 19.5. The number of Topliss-reactive ketones (excluding diaryl/α,β-unsaturated/α-hetero) is 1. The molecule has 4 aromatic rings. The standard InChI is InChI=1S/C43H48Cl2N4O7/c1-4-37(51)31-12-15-49(16-13-31)14-7-17-54-38-11-6-10-35(41(38)45)34-9-5-8-32(28(34)2)26-56-40-20-39(55-25-30-18-29(21-46)22-47-23-30)33(19-36(40)44)24-48-43(3,27-50)42(52)53/h5-6,8-11,18-20,22-23,31,48,50H,4,7,12-17,24-27H2,1-3H3,(H,52,53)/t43-/m0/s1. The van der Waals surface area contributed by atoms with Crippen LogP contribution in [0.1, 0.15) is 67.3 Å². The number of pyridine rings is 1. The number of nitriles is 1. The van der Waals surface area contributed by atoms with Crippen LogP contribution in [-0.2, 0) is 29.3 Å². The van der Waals surface area contributed by atoms with Gasteiger partial charge in [0.25, 0.3) is 0 Å². The zero-order valence-electron chi connectivity index (χ0n) is 31.9. The minimum absolute atomic E-state index is 0.0149. The number of piperidine rings is 1. The maximum Gasteiger partial charge on any atom is 0.326 e. The van der Waals surface area contributed by atoms with Crippen LogP contribution in [0.3, 0.4) is 0 Å². The largest absolute Gasteiger partial charge is 0.492 e. The first-order valence-electron chi connectivity index (χ1n) is 18.7. The second-order valence-corrected chi connectivity index (χ2v) is 14.9. The fourth-order valence-corrected chi connectivity index (χ4v) is 7.12. The zero-order chi connectivity index (χ0) is 40.2. The Morgan fingerprint density at radius 2 is 1.71 bits per heavy atom. The van der Waals surface area contributed by atoms with Gasteiger partial charge in [-0.25, -0.2) is 0 Å². The van der Waals surface area contributed by atoms with Gasteiger partial charge >= 0.3 is 5.97 Å². The monoisotopic (exact) mass is 802 g/mol. The number of hydrogen-bond acceptors (Lipinski definition) is 10. The number of aromatic nitrogens is 1. The Morgan fingerprint density at radius 1 is 0.982 bits per heavy atom. The summed E-state index contributed by atoms with van der Waals surface area (Å²) in [6.07, 6.45) is 6.37. The van der Waals surface area contributed by atoms with Crippen molar-refractivity contribution in [2.24, 2.45) is 5.92 Å². The van der Waals surface area contributed by atoms with Crippen LogP contribution in [0.25, 0.3) is 11.1 Å². The molecule has 13 heteroatoms. The highest BCUT2D eigenvalue weighted by atomic mass is 35.5. The van der Waals surface area contributed by atoms with Crippen molar-refractivity contribution in [3.63, 3.8) is 0 Å². The number of rotatable bonds is 19. The third-order valence-electron chi connectivity index (χ3n) is 10.2. The molecule has 0 aliphatic carbocycles. The van der Waals surface area contributed by atoms with Crippen LogP contribution in [0.4, 0.5) is 0 Å². The lowest BCUT2D eigenvalue weighted by molar-refractivity contribution is -0.146. The van der Waals surface area contributed by atoms with E-state index in [0.29, 0.717) is 57.8 Å². The summed E-state index contributed by atoms with van der Waals surface area (Å²) in [5.74, 6) is 0.691. The van der Waals surface area contributed by atoms with Gasteiger partial charge in [0.05, 0.1) is 28.8 Å². The van der Waals surface area contributed by atoms with Gasteiger partial charge in [-0.3, -0.25) is 19.9 Å². The lowest BCUT2D eigenvalue weighted by Crippen LogP contribution is -2.52. The first-order chi connectivity index (χ1) is 27.0. The average Bonchev–Trinajstić information content (AvgIpc) is 3.21. The van der Waals surface area contributed by atoms with Gasteiger partial charge in [-0.1, -0.05) is 60.5 Å². The molecule has 1 aromatic heterocycles. The summed E-state index contributed by atoms with van der Waals surface area (Å²) in [5, 5.41) is 32.4. The van der Waals surface area contributed by atoms with Crippen LogP contribution in [0.15, 0.2) is 67.0 Å². The molecular weight excluding hydrogens is 755 g/mol. The van der Waals surface area contributed by atoms with Gasteiger partial charge in [0, 0.05) is 60.6 Å². The van der Waals surface area contributed by atoms with E-state index in [0.717, 1.165) is 61.2 Å². The molecule has 1 atom stereocenters. The number of carbonyl (C=O) groups is 2. The van der Waals surface area contributed by atoms with Crippen molar-refractivity contribution in [2.75, 3.05) is 32.8 Å². The van der Waals surface area contributed by atoms with Crippen molar-refractivity contribution >= 4 is 35.0 Å². The maximum absolute atomic E-state index is 12.1. The number of aliphatic hydroxyl groups excluding tert-OH is 1. The van der Waals surface area contributed by atoms with Gasteiger partial charge in [0.2, 0.25) is 0 Å². The molecule has 0 bridgehead atoms. The van der Waals surface area contributed by atoms with Gasteiger partial charge in [-0.2, -0.15) is 5.26 Å². The quantitative estimate of drug-likeness (QED) is 0.0797. The number of carbonyl (C=O) groups excluding carboxylic acids is 1. The molecule has 1 fully saturated rings. The number of nitrogens with zero attached hydrogens (tertiary/aromatic N) is 3. The molecule has 1 saturated heterocycles. The molecule has 1 aliphatic rings. The molecule has 2 heterocycles. The van der Waals surface area contributed by atoms with E-state index in [1.54, 1.807) is 24.4 Å². The minimum atomic E-state index is -1.60. The Morgan fingerprint density at radius 3 is 2.43 bits per heavy atom. The normalized spacial score (nSPS) is 14.4. The topological polar surface area (TPSA) is 154 Å². The average molecular weight is 804 g/mol. The molecule has 3 N–H and O–H groups in total. The van der Waals surface area contributed by atoms with Gasteiger partial charge in [0.1, 0.15) is 47.9 Å². The van der Waals surface area contributed by atoms with Crippen molar-refractivity contribution in [3.8, 4) is 34.4 Å². The van der Waals surface area contributed by atoms with Crippen molar-refractivity contribution in [2.45, 2.75) is 71.8 Å². The van der Waals surface area contributed by atoms with Crippen molar-refractivity contribution in [1.29, 1.82) is 5.26 Å². The van der Waals surface area contributed by atoms with E-state index >= 15 is 0 Å². The molecule has 296 valence electrons. The third-order valence-corrected chi connectivity index (χ3v) is 10.9. The summed E-state index contributed by atoms with van der Waals surface area (Å²) in [7, 11) is 0. The molecule has 0 amide bonds. The predicted octanol–water partition coefficient (Wildman–Crippen LogP) is 7.78. The minimum Gasteiger partial charge on any atom is -0.492 e. The summed E-state index contributed by atoms with van der Waals surface area (Å²) in [6.45, 7) is 8.25. The lowest BCUT2D eigenvalue weighted by atomic mass is 9.91. The second kappa shape index (κ2) is 19.9. The number of likely N-dealkylation sites (tertiary alicyclic amines) is 1. The third kappa shape index (κ3) is 10.8. The molecule has 0 radical (unpaired) electrons. The van der Waals surface area contributed by atoms with Crippen LogP contribution in [0.5, 0.6) is 17.2 Å². The number of aliphatic hydroxyl groups is 1. The van der Waals surface area contributed by atoms with Crippen molar-refractivity contribution < 1.29 is 34.0 Å². The van der Waals surface area contributed by atoms with Gasteiger partial charge in [-0.05, 0) is 81.1 Å². The van der Waals surface area contributed by atoms with Gasteiger partial charge in [-0.15, -0.1) is 0 Å². The number of nitrogens with one attached hydrogen (secondary N) is 1. The Bertz CT molecular complexity index is 2050. The van der Waals surface area contributed by atoms with Gasteiger partial charge < -0.3 is 29.3 Å². The molecule has 56 heavy (non-hydrogen) atoms. The smallest absolute Gasteiger partial charge is 0.326 e. The fraction of sp³-hybridized carbons (Fsp3) is 0.395. The van der Waals surface area contributed by atoms with E-state index in [1.165, 1.54) is 13.1 Å². The number of aliphatic carboxylic acids is 1. The molecular formula is C43H48Cl2N4O7. The highest BCUT2D eigenvalue weighted by Crippen LogP contribution is 2.39. The molecule has 11 nitrogen and oxygen atoms in total. The first kappa shape index (κ1) is 42.4. The Labute approximate surface area is 338 Å². The van der Waals surface area contributed by atoms with Gasteiger partial charge in [0.15, 0.2) is 0 Å². The molecule has 5 rings (SSSR count). The van der Waals surface area contributed by atoms with E-state index in [9.17, 15) is 25.1 Å². The Kier molecular flexibility index (Phi) is 15.1. The molecule has 1 aliphatic heterocycles. The highest BCUT2D eigenvalue weighted by Gasteiger charge is 2.32. The van der Waals surface area contributed by atoms with Crippen LogP contribution in [0, 0.1) is 24.2 Å². The van der Waals surface area contributed by atoms with Crippen LogP contribution in [0.2, 0.25) is 10.0 Å².